The van der Waals surface area contributed by atoms with Gasteiger partial charge in [-0.3, -0.25) is 9.69 Å². The number of aryl methyl sites for hydroxylation is 1. The zero-order chi connectivity index (χ0) is 15.9. The highest BCUT2D eigenvalue weighted by atomic mass is 32.1. The molecule has 124 valence electrons. The van der Waals surface area contributed by atoms with E-state index in [1.54, 1.807) is 17.6 Å². The molecule has 2 aromatic rings. The minimum Gasteiger partial charge on any atom is -0.469 e. The van der Waals surface area contributed by atoms with Crippen LogP contribution in [0.25, 0.3) is 0 Å². The fourth-order valence-corrected chi connectivity index (χ4v) is 3.63. The quantitative estimate of drug-likeness (QED) is 0.845. The molecule has 1 aliphatic heterocycles. The maximum atomic E-state index is 12.1. The molecule has 23 heavy (non-hydrogen) atoms. The maximum Gasteiger partial charge on any atom is 0.220 e. The van der Waals surface area contributed by atoms with Gasteiger partial charge in [0.1, 0.15) is 5.76 Å². The van der Waals surface area contributed by atoms with E-state index >= 15 is 0 Å². The number of nitrogens with one attached hydrogen (secondary N) is 1. The second-order valence-corrected chi connectivity index (χ2v) is 6.54. The largest absolute Gasteiger partial charge is 0.469 e. The van der Waals surface area contributed by atoms with Gasteiger partial charge < -0.3 is 14.5 Å². The molecule has 0 saturated carbocycles. The molecule has 6 heteroatoms. The lowest BCUT2D eigenvalue weighted by molar-refractivity contribution is -0.121. The van der Waals surface area contributed by atoms with Gasteiger partial charge in [-0.2, -0.15) is 0 Å². The Morgan fingerprint density at radius 2 is 2.17 bits per heavy atom. The molecule has 0 aromatic carbocycles. The summed E-state index contributed by atoms with van der Waals surface area (Å²) in [4.78, 5) is 15.8. The SMILES string of the molecule is O=C(CCc1ccco1)NC[C@H](c1cccs1)N1CCOCC1. The van der Waals surface area contributed by atoms with Crippen LogP contribution in [0.5, 0.6) is 0 Å². The highest BCUT2D eigenvalue weighted by molar-refractivity contribution is 7.10. The van der Waals surface area contributed by atoms with Gasteiger partial charge in [-0.05, 0) is 23.6 Å². The smallest absolute Gasteiger partial charge is 0.220 e. The van der Waals surface area contributed by atoms with Gasteiger partial charge in [0.15, 0.2) is 0 Å². The number of carbonyl (C=O) groups is 1. The Labute approximate surface area is 140 Å². The van der Waals surface area contributed by atoms with E-state index in [1.807, 2.05) is 12.1 Å². The Balaban J connectivity index is 1.52. The van der Waals surface area contributed by atoms with Gasteiger partial charge in [-0.15, -0.1) is 11.3 Å². The second-order valence-electron chi connectivity index (χ2n) is 5.56. The van der Waals surface area contributed by atoms with E-state index < -0.39 is 0 Å². The highest BCUT2D eigenvalue weighted by Gasteiger charge is 2.23. The molecule has 2 aromatic heterocycles. The number of morpholine rings is 1. The molecule has 1 atom stereocenters. The summed E-state index contributed by atoms with van der Waals surface area (Å²) in [6.07, 6.45) is 2.73. The fourth-order valence-electron chi connectivity index (χ4n) is 2.77. The number of ether oxygens (including phenoxy) is 1. The van der Waals surface area contributed by atoms with Crippen LogP contribution in [-0.4, -0.2) is 43.7 Å². The standard InChI is InChI=1S/C17H22N2O3S/c20-17(6-5-14-3-1-9-22-14)18-13-15(16-4-2-12-23-16)19-7-10-21-11-8-19/h1-4,9,12,15H,5-8,10-11,13H2,(H,18,20)/t15-/m1/s1. The van der Waals surface area contributed by atoms with Crippen molar-refractivity contribution < 1.29 is 13.9 Å². The molecule has 1 aliphatic rings. The molecule has 1 amide bonds. The lowest BCUT2D eigenvalue weighted by Gasteiger charge is -2.34. The third kappa shape index (κ3) is 4.67. The van der Waals surface area contributed by atoms with Crippen molar-refractivity contribution in [2.24, 2.45) is 0 Å². The number of nitrogens with zero attached hydrogens (tertiary/aromatic N) is 1. The van der Waals surface area contributed by atoms with E-state index in [4.69, 9.17) is 9.15 Å². The molecule has 3 rings (SSSR count). The average Bonchev–Trinajstić information content (AvgIpc) is 3.28. The van der Waals surface area contributed by atoms with Crippen molar-refractivity contribution in [2.45, 2.75) is 18.9 Å². The van der Waals surface area contributed by atoms with Crippen LogP contribution >= 0.6 is 11.3 Å². The number of furan rings is 1. The Kier molecular flexibility index (Phi) is 5.85. The lowest BCUT2D eigenvalue weighted by atomic mass is 10.1. The normalized spacial score (nSPS) is 17.0. The van der Waals surface area contributed by atoms with Gasteiger partial charge in [0.25, 0.3) is 0 Å². The summed E-state index contributed by atoms with van der Waals surface area (Å²) >= 11 is 1.74. The molecular formula is C17H22N2O3S. The third-order valence-corrected chi connectivity index (χ3v) is 5.00. The average molecular weight is 334 g/mol. The van der Waals surface area contributed by atoms with Crippen molar-refractivity contribution in [1.29, 1.82) is 0 Å². The van der Waals surface area contributed by atoms with Crippen LogP contribution in [0.1, 0.15) is 23.1 Å². The predicted molar refractivity (Wildman–Crippen MR) is 89.5 cm³/mol. The summed E-state index contributed by atoms with van der Waals surface area (Å²) in [6.45, 7) is 3.97. The van der Waals surface area contributed by atoms with E-state index in [1.165, 1.54) is 4.88 Å². The predicted octanol–water partition coefficient (Wildman–Crippen LogP) is 2.46. The highest BCUT2D eigenvalue weighted by Crippen LogP contribution is 2.25. The summed E-state index contributed by atoms with van der Waals surface area (Å²) < 4.78 is 10.7. The van der Waals surface area contributed by atoms with Gasteiger partial charge in [-0.25, -0.2) is 0 Å². The van der Waals surface area contributed by atoms with Gasteiger partial charge in [0, 0.05) is 37.4 Å². The van der Waals surface area contributed by atoms with Crippen LogP contribution in [0.15, 0.2) is 40.3 Å². The van der Waals surface area contributed by atoms with Crippen molar-refractivity contribution >= 4 is 17.2 Å². The summed E-state index contributed by atoms with van der Waals surface area (Å²) in [6, 6.07) is 8.17. The minimum absolute atomic E-state index is 0.0659. The molecule has 3 heterocycles. The number of carbonyl (C=O) groups excluding carboxylic acids is 1. The molecule has 1 saturated heterocycles. The molecule has 1 fully saturated rings. The molecule has 1 N–H and O–H groups in total. The van der Waals surface area contributed by atoms with Gasteiger partial charge >= 0.3 is 0 Å². The van der Waals surface area contributed by atoms with Crippen molar-refractivity contribution in [1.82, 2.24) is 10.2 Å². The first-order chi connectivity index (χ1) is 11.3. The van der Waals surface area contributed by atoms with Crippen molar-refractivity contribution in [2.75, 3.05) is 32.8 Å². The first kappa shape index (κ1) is 16.2. The van der Waals surface area contributed by atoms with E-state index in [0.717, 1.165) is 32.1 Å². The van der Waals surface area contributed by atoms with E-state index in [2.05, 4.69) is 27.7 Å². The second kappa shape index (κ2) is 8.29. The first-order valence-corrected chi connectivity index (χ1v) is 8.85. The van der Waals surface area contributed by atoms with Crippen molar-refractivity contribution in [3.63, 3.8) is 0 Å². The number of hydrogen-bond donors (Lipinski definition) is 1. The Bertz CT molecular complexity index is 577. The maximum absolute atomic E-state index is 12.1. The molecule has 0 unspecified atom stereocenters. The molecule has 0 aliphatic carbocycles. The van der Waals surface area contributed by atoms with E-state index in [9.17, 15) is 4.79 Å². The molecule has 0 radical (unpaired) electrons. The summed E-state index contributed by atoms with van der Waals surface area (Å²) in [7, 11) is 0. The molecule has 5 nitrogen and oxygen atoms in total. The summed E-state index contributed by atoms with van der Waals surface area (Å²) in [5.74, 6) is 0.916. The van der Waals surface area contributed by atoms with Crippen LogP contribution < -0.4 is 5.32 Å². The number of thiophene rings is 1. The van der Waals surface area contributed by atoms with Gasteiger partial charge in [-0.1, -0.05) is 6.07 Å². The Morgan fingerprint density at radius 3 is 2.87 bits per heavy atom. The van der Waals surface area contributed by atoms with Gasteiger partial charge in [0.05, 0.1) is 25.5 Å². The van der Waals surface area contributed by atoms with Gasteiger partial charge in [0.2, 0.25) is 5.91 Å². The zero-order valence-corrected chi connectivity index (χ0v) is 13.9. The van der Waals surface area contributed by atoms with Crippen molar-refractivity contribution in [3.8, 4) is 0 Å². The van der Waals surface area contributed by atoms with E-state index in [0.29, 0.717) is 19.4 Å². The first-order valence-electron chi connectivity index (χ1n) is 7.97. The third-order valence-electron chi connectivity index (χ3n) is 4.03. The van der Waals surface area contributed by atoms with Crippen molar-refractivity contribution in [3.05, 3.63) is 46.5 Å². The summed E-state index contributed by atoms with van der Waals surface area (Å²) in [5.41, 5.74) is 0. The summed E-state index contributed by atoms with van der Waals surface area (Å²) in [5, 5.41) is 5.16. The monoisotopic (exact) mass is 334 g/mol. The Hall–Kier alpha value is -1.63. The number of rotatable bonds is 7. The molecule has 0 spiro atoms. The van der Waals surface area contributed by atoms with Crippen LogP contribution in [0.3, 0.4) is 0 Å². The van der Waals surface area contributed by atoms with E-state index in [-0.39, 0.29) is 11.9 Å². The molecular weight excluding hydrogens is 312 g/mol. The zero-order valence-electron chi connectivity index (χ0n) is 13.1. The van der Waals surface area contributed by atoms with Crippen LogP contribution in [-0.2, 0) is 16.0 Å². The minimum atomic E-state index is 0.0659. The topological polar surface area (TPSA) is 54.7 Å². The van der Waals surface area contributed by atoms with Crippen LogP contribution in [0.2, 0.25) is 0 Å². The van der Waals surface area contributed by atoms with Crippen LogP contribution in [0.4, 0.5) is 0 Å². The Morgan fingerprint density at radius 1 is 1.30 bits per heavy atom. The number of amides is 1. The number of hydrogen-bond acceptors (Lipinski definition) is 5. The van der Waals surface area contributed by atoms with Crippen LogP contribution in [0, 0.1) is 0 Å². The lowest BCUT2D eigenvalue weighted by Crippen LogP contribution is -2.43. The molecule has 0 bridgehead atoms. The fraction of sp³-hybridized carbons (Fsp3) is 0.471.